The normalized spacial score (nSPS) is 16.0. The summed E-state index contributed by atoms with van der Waals surface area (Å²) in [7, 11) is 1.65. The van der Waals surface area contributed by atoms with Crippen molar-refractivity contribution in [2.75, 3.05) is 17.7 Å². The number of nitrogens with zero attached hydrogens (tertiary/aromatic N) is 2. The van der Waals surface area contributed by atoms with E-state index in [0.717, 1.165) is 17.7 Å². The number of alkyl halides is 3. The number of nitrogens with two attached hydrogens (primary N) is 1. The third kappa shape index (κ3) is 3.14. The molecule has 0 spiro atoms. The highest BCUT2D eigenvalue weighted by Crippen LogP contribution is 2.37. The summed E-state index contributed by atoms with van der Waals surface area (Å²) in [5.74, 6) is 0. The topological polar surface area (TPSA) is 49.6 Å². The summed E-state index contributed by atoms with van der Waals surface area (Å²) in [6, 6.07) is 9.45. The van der Waals surface area contributed by atoms with E-state index in [4.69, 9.17) is 5.73 Å². The lowest BCUT2D eigenvalue weighted by molar-refractivity contribution is -0.137. The fourth-order valence-corrected chi connectivity index (χ4v) is 3.08. The number of amides is 2. The van der Waals surface area contributed by atoms with Crippen LogP contribution in [0, 0.1) is 0 Å². The summed E-state index contributed by atoms with van der Waals surface area (Å²) in [5, 5.41) is 0. The Morgan fingerprint density at radius 1 is 1.16 bits per heavy atom. The van der Waals surface area contributed by atoms with Crippen molar-refractivity contribution in [3.05, 3.63) is 59.2 Å². The van der Waals surface area contributed by atoms with Gasteiger partial charge in [-0.05, 0) is 48.4 Å². The van der Waals surface area contributed by atoms with E-state index in [1.54, 1.807) is 38.2 Å². The third-order valence-corrected chi connectivity index (χ3v) is 4.39. The van der Waals surface area contributed by atoms with Gasteiger partial charge in [-0.1, -0.05) is 12.1 Å². The predicted molar refractivity (Wildman–Crippen MR) is 90.1 cm³/mol. The minimum absolute atomic E-state index is 0.262. The number of halogens is 3. The Hall–Kier alpha value is -2.70. The van der Waals surface area contributed by atoms with E-state index in [2.05, 4.69) is 0 Å². The van der Waals surface area contributed by atoms with Crippen LogP contribution in [0.25, 0.3) is 0 Å². The average Bonchev–Trinajstić information content (AvgIpc) is 2.55. The molecule has 2 aromatic carbocycles. The lowest BCUT2D eigenvalue weighted by Crippen LogP contribution is -2.46. The fourth-order valence-electron chi connectivity index (χ4n) is 3.08. The maximum absolute atomic E-state index is 13.0. The molecule has 0 saturated carbocycles. The molecule has 2 amide bonds. The van der Waals surface area contributed by atoms with Gasteiger partial charge in [0.2, 0.25) is 0 Å². The zero-order valence-electron chi connectivity index (χ0n) is 13.8. The van der Waals surface area contributed by atoms with Crippen LogP contribution in [0.15, 0.2) is 42.5 Å². The highest BCUT2D eigenvalue weighted by Gasteiger charge is 2.34. The molecule has 0 radical (unpaired) electrons. The van der Waals surface area contributed by atoms with E-state index >= 15 is 0 Å². The molecule has 132 valence electrons. The Morgan fingerprint density at radius 2 is 1.88 bits per heavy atom. The second kappa shape index (κ2) is 5.98. The van der Waals surface area contributed by atoms with E-state index < -0.39 is 17.8 Å². The van der Waals surface area contributed by atoms with Gasteiger partial charge in [0.1, 0.15) is 0 Å². The molecule has 1 aliphatic heterocycles. The summed E-state index contributed by atoms with van der Waals surface area (Å²) in [5.41, 5.74) is 7.61. The van der Waals surface area contributed by atoms with Gasteiger partial charge >= 0.3 is 12.2 Å². The zero-order valence-corrected chi connectivity index (χ0v) is 13.8. The standard InChI is InChI=1S/C18H18F3N3O/c1-11(12-4-3-5-14(8-12)18(19,20)21)24-16-7-6-15(22)9-13(16)10-23(2)17(24)25/h3-9,11H,10,22H2,1-2H3. The second-order valence-corrected chi connectivity index (χ2v) is 6.20. The van der Waals surface area contributed by atoms with Gasteiger partial charge in [-0.3, -0.25) is 4.90 Å². The molecular formula is C18H18F3N3O. The van der Waals surface area contributed by atoms with Crippen molar-refractivity contribution in [1.29, 1.82) is 0 Å². The molecule has 2 aromatic rings. The van der Waals surface area contributed by atoms with Crippen LogP contribution in [-0.2, 0) is 12.7 Å². The number of rotatable bonds is 2. The zero-order chi connectivity index (χ0) is 18.4. The summed E-state index contributed by atoms with van der Waals surface area (Å²) in [6.45, 7) is 2.12. The highest BCUT2D eigenvalue weighted by molar-refractivity contribution is 5.95. The SMILES string of the molecule is CC(c1cccc(C(F)(F)F)c1)N1C(=O)N(C)Cc2cc(N)ccc21. The number of hydrogen-bond acceptors (Lipinski definition) is 2. The molecule has 0 fully saturated rings. The van der Waals surface area contributed by atoms with E-state index in [1.807, 2.05) is 0 Å². The summed E-state index contributed by atoms with van der Waals surface area (Å²) in [6.07, 6.45) is -4.43. The van der Waals surface area contributed by atoms with Crippen molar-refractivity contribution in [3.63, 3.8) is 0 Å². The lowest BCUT2D eigenvalue weighted by atomic mass is 10.0. The molecule has 4 nitrogen and oxygen atoms in total. The number of urea groups is 1. The largest absolute Gasteiger partial charge is 0.416 e. The number of hydrogen-bond donors (Lipinski definition) is 1. The minimum Gasteiger partial charge on any atom is -0.399 e. The quantitative estimate of drug-likeness (QED) is 0.816. The maximum Gasteiger partial charge on any atom is 0.416 e. The second-order valence-electron chi connectivity index (χ2n) is 6.20. The van der Waals surface area contributed by atoms with Crippen LogP contribution in [-0.4, -0.2) is 18.0 Å². The Labute approximate surface area is 143 Å². The van der Waals surface area contributed by atoms with Crippen LogP contribution in [0.2, 0.25) is 0 Å². The van der Waals surface area contributed by atoms with E-state index in [9.17, 15) is 18.0 Å². The summed E-state index contributed by atoms with van der Waals surface area (Å²) >= 11 is 0. The molecule has 7 heteroatoms. The van der Waals surface area contributed by atoms with Gasteiger partial charge in [0.25, 0.3) is 0 Å². The van der Waals surface area contributed by atoms with Crippen LogP contribution in [0.3, 0.4) is 0 Å². The molecule has 1 heterocycles. The average molecular weight is 349 g/mol. The molecular weight excluding hydrogens is 331 g/mol. The van der Waals surface area contributed by atoms with Gasteiger partial charge in [-0.15, -0.1) is 0 Å². The summed E-state index contributed by atoms with van der Waals surface area (Å²) < 4.78 is 39.0. The molecule has 3 rings (SSSR count). The molecule has 25 heavy (non-hydrogen) atoms. The molecule has 1 aliphatic rings. The van der Waals surface area contributed by atoms with E-state index in [0.29, 0.717) is 23.5 Å². The number of anilines is 2. The van der Waals surface area contributed by atoms with Gasteiger partial charge in [0, 0.05) is 19.3 Å². The van der Waals surface area contributed by atoms with Gasteiger partial charge in [-0.25, -0.2) is 4.79 Å². The fraction of sp³-hybridized carbons (Fsp3) is 0.278. The van der Waals surface area contributed by atoms with Crippen molar-refractivity contribution in [2.45, 2.75) is 25.7 Å². The smallest absolute Gasteiger partial charge is 0.399 e. The van der Waals surface area contributed by atoms with Crippen molar-refractivity contribution < 1.29 is 18.0 Å². The highest BCUT2D eigenvalue weighted by atomic mass is 19.4. The van der Waals surface area contributed by atoms with E-state index in [1.165, 1.54) is 15.9 Å². The van der Waals surface area contributed by atoms with Crippen molar-refractivity contribution in [3.8, 4) is 0 Å². The van der Waals surface area contributed by atoms with Crippen molar-refractivity contribution in [2.24, 2.45) is 0 Å². The van der Waals surface area contributed by atoms with Crippen molar-refractivity contribution in [1.82, 2.24) is 4.90 Å². The number of nitrogen functional groups attached to an aromatic ring is 1. The van der Waals surface area contributed by atoms with Crippen LogP contribution in [0.4, 0.5) is 29.3 Å². The number of carbonyl (C=O) groups excluding carboxylic acids is 1. The van der Waals surface area contributed by atoms with E-state index in [-0.39, 0.29) is 6.03 Å². The first-order valence-corrected chi connectivity index (χ1v) is 7.78. The van der Waals surface area contributed by atoms with Gasteiger partial charge in [-0.2, -0.15) is 13.2 Å². The first-order valence-electron chi connectivity index (χ1n) is 7.78. The number of benzene rings is 2. The predicted octanol–water partition coefficient (Wildman–Crippen LogP) is 4.42. The Kier molecular flexibility index (Phi) is 4.10. The molecule has 0 bridgehead atoms. The monoisotopic (exact) mass is 349 g/mol. The molecule has 1 atom stereocenters. The minimum atomic E-state index is -4.43. The van der Waals surface area contributed by atoms with Crippen LogP contribution >= 0.6 is 0 Å². The molecule has 0 aliphatic carbocycles. The van der Waals surface area contributed by atoms with Crippen LogP contribution < -0.4 is 10.6 Å². The Bertz CT molecular complexity index is 819. The number of carbonyl (C=O) groups is 1. The third-order valence-electron chi connectivity index (χ3n) is 4.39. The first kappa shape index (κ1) is 17.1. The molecule has 0 saturated heterocycles. The first-order chi connectivity index (χ1) is 11.7. The Morgan fingerprint density at radius 3 is 2.56 bits per heavy atom. The molecule has 1 unspecified atom stereocenters. The molecule has 0 aromatic heterocycles. The summed E-state index contributed by atoms with van der Waals surface area (Å²) in [4.78, 5) is 15.7. The van der Waals surface area contributed by atoms with Crippen LogP contribution in [0.1, 0.15) is 29.7 Å². The lowest BCUT2D eigenvalue weighted by Gasteiger charge is -2.39. The van der Waals surface area contributed by atoms with Gasteiger partial charge in [0.15, 0.2) is 0 Å². The molecule has 2 N–H and O–H groups in total. The van der Waals surface area contributed by atoms with Crippen molar-refractivity contribution >= 4 is 17.4 Å². The van der Waals surface area contributed by atoms with Crippen LogP contribution in [0.5, 0.6) is 0 Å². The number of fused-ring (bicyclic) bond motifs is 1. The van der Waals surface area contributed by atoms with Gasteiger partial charge < -0.3 is 10.6 Å². The Balaban J connectivity index is 2.05. The maximum atomic E-state index is 13.0. The van der Waals surface area contributed by atoms with Gasteiger partial charge in [0.05, 0.1) is 17.3 Å².